The van der Waals surface area contributed by atoms with Crippen molar-refractivity contribution in [3.05, 3.63) is 48.0 Å². The fourth-order valence-corrected chi connectivity index (χ4v) is 8.62. The molecule has 9 atom stereocenters. The third-order valence-corrected chi connectivity index (χ3v) is 10.2. The van der Waals surface area contributed by atoms with Gasteiger partial charge in [-0.25, -0.2) is 0 Å². The monoisotopic (exact) mass is 454 g/mol. The van der Waals surface area contributed by atoms with Crippen molar-refractivity contribution in [1.29, 1.82) is 0 Å². The van der Waals surface area contributed by atoms with E-state index in [0.29, 0.717) is 6.42 Å². The molecule has 0 amide bonds. The molecule has 6 heteroatoms. The van der Waals surface area contributed by atoms with Crippen LogP contribution >= 0.6 is 0 Å². The molecule has 0 aromatic carbocycles. The van der Waals surface area contributed by atoms with Crippen molar-refractivity contribution < 1.29 is 29.0 Å². The van der Waals surface area contributed by atoms with E-state index in [-0.39, 0.29) is 23.0 Å². The summed E-state index contributed by atoms with van der Waals surface area (Å²) in [5.41, 5.74) is -0.974. The van der Waals surface area contributed by atoms with E-state index in [1.54, 1.807) is 25.5 Å². The molecule has 0 radical (unpaired) electrons. The lowest BCUT2D eigenvalue weighted by atomic mass is 9.37. The Kier molecular flexibility index (Phi) is 4.74. The van der Waals surface area contributed by atoms with Gasteiger partial charge >= 0.3 is 5.97 Å². The van der Waals surface area contributed by atoms with E-state index in [4.69, 9.17) is 9.15 Å². The van der Waals surface area contributed by atoms with Crippen LogP contribution in [0.3, 0.4) is 0 Å². The number of hydrogen-bond acceptors (Lipinski definition) is 6. The van der Waals surface area contributed by atoms with Gasteiger partial charge in [-0.2, -0.15) is 0 Å². The molecule has 1 aromatic rings. The van der Waals surface area contributed by atoms with Crippen LogP contribution < -0.4 is 0 Å². The number of ketones is 1. The summed E-state index contributed by atoms with van der Waals surface area (Å²) in [6.45, 7) is 7.84. The molecule has 6 nitrogen and oxygen atoms in total. The van der Waals surface area contributed by atoms with Crippen LogP contribution in [0.1, 0.15) is 58.4 Å². The van der Waals surface area contributed by atoms with Gasteiger partial charge in [0.2, 0.25) is 0 Å². The minimum atomic E-state index is -1.26. The Morgan fingerprint density at radius 3 is 2.55 bits per heavy atom. The van der Waals surface area contributed by atoms with Gasteiger partial charge in [0.15, 0.2) is 5.78 Å². The van der Waals surface area contributed by atoms with Crippen molar-refractivity contribution in [1.82, 2.24) is 0 Å². The van der Waals surface area contributed by atoms with Crippen molar-refractivity contribution in [2.75, 3.05) is 7.11 Å². The molecule has 2 N–H and O–H groups in total. The molecular formula is C27H34O6. The molecule has 33 heavy (non-hydrogen) atoms. The number of aliphatic hydroxyl groups excluding tert-OH is 2. The zero-order valence-electron chi connectivity index (χ0n) is 20.0. The smallest absolute Gasteiger partial charge is 0.315 e. The van der Waals surface area contributed by atoms with Crippen LogP contribution in [0.2, 0.25) is 0 Å². The van der Waals surface area contributed by atoms with Gasteiger partial charge in [0.1, 0.15) is 0 Å². The predicted octanol–water partition coefficient (Wildman–Crippen LogP) is 3.79. The number of furan rings is 1. The highest BCUT2D eigenvalue weighted by Crippen LogP contribution is 2.72. The van der Waals surface area contributed by atoms with E-state index in [1.165, 1.54) is 13.2 Å². The first-order valence-electron chi connectivity index (χ1n) is 11.9. The molecule has 0 aliphatic heterocycles. The van der Waals surface area contributed by atoms with Crippen molar-refractivity contribution in [3.8, 4) is 0 Å². The number of carbonyl (C=O) groups excluding carboxylic acids is 2. The lowest BCUT2D eigenvalue weighted by Gasteiger charge is -2.66. The highest BCUT2D eigenvalue weighted by molar-refractivity contribution is 5.99. The van der Waals surface area contributed by atoms with Crippen LogP contribution in [-0.2, 0) is 14.3 Å². The zero-order valence-corrected chi connectivity index (χ0v) is 20.0. The van der Waals surface area contributed by atoms with Gasteiger partial charge in [0.05, 0.1) is 37.3 Å². The van der Waals surface area contributed by atoms with Crippen molar-refractivity contribution in [3.63, 3.8) is 0 Å². The Hall–Kier alpha value is -2.18. The first-order valence-corrected chi connectivity index (χ1v) is 11.9. The maximum absolute atomic E-state index is 13.6. The van der Waals surface area contributed by atoms with Gasteiger partial charge in [0.25, 0.3) is 0 Å². The quantitative estimate of drug-likeness (QED) is 0.521. The molecule has 0 spiro atoms. The first-order chi connectivity index (χ1) is 15.5. The second-order valence-corrected chi connectivity index (χ2v) is 11.4. The van der Waals surface area contributed by atoms with Crippen LogP contribution in [-0.4, -0.2) is 41.3 Å². The standard InChI is InChI=1S/C27H34O6/c1-24-11-8-18-26(3,17(24)7-6-16(24)15-10-13-33-14-15)22(30)20(29)21-25(2,23(31)32-5)12-9-19(28)27(18,21)4/h7,9-10,12-14,16,18,20-22,29-30H,6,8,11H2,1-5H3. The largest absolute Gasteiger partial charge is 0.472 e. The second-order valence-electron chi connectivity index (χ2n) is 11.4. The highest BCUT2D eigenvalue weighted by Gasteiger charge is 2.73. The summed E-state index contributed by atoms with van der Waals surface area (Å²) in [5.74, 6) is -1.37. The van der Waals surface area contributed by atoms with Gasteiger partial charge in [-0.05, 0) is 61.1 Å². The lowest BCUT2D eigenvalue weighted by molar-refractivity contribution is -0.226. The fraction of sp³-hybridized carbons (Fsp3) is 0.630. The molecule has 4 aliphatic rings. The summed E-state index contributed by atoms with van der Waals surface area (Å²) >= 11 is 0. The van der Waals surface area contributed by atoms with Gasteiger partial charge in [-0.1, -0.05) is 38.5 Å². The van der Waals surface area contributed by atoms with Crippen LogP contribution in [0.5, 0.6) is 0 Å². The molecule has 2 fully saturated rings. The molecule has 0 bridgehead atoms. The number of aliphatic hydroxyl groups is 2. The number of carbonyl (C=O) groups is 2. The van der Waals surface area contributed by atoms with Crippen LogP contribution in [0.25, 0.3) is 0 Å². The van der Waals surface area contributed by atoms with Crippen LogP contribution in [0.4, 0.5) is 0 Å². The first kappa shape index (κ1) is 22.6. The van der Waals surface area contributed by atoms with E-state index < -0.39 is 40.3 Å². The Bertz CT molecular complexity index is 1050. The van der Waals surface area contributed by atoms with Gasteiger partial charge in [-0.3, -0.25) is 9.59 Å². The lowest BCUT2D eigenvalue weighted by Crippen LogP contribution is -2.71. The summed E-state index contributed by atoms with van der Waals surface area (Å²) in [6, 6.07) is 2.00. The molecular weight excluding hydrogens is 420 g/mol. The molecule has 2 saturated carbocycles. The Labute approximate surface area is 194 Å². The maximum atomic E-state index is 13.6. The third-order valence-electron chi connectivity index (χ3n) is 10.2. The van der Waals surface area contributed by atoms with Crippen LogP contribution in [0, 0.1) is 33.5 Å². The zero-order chi connectivity index (χ0) is 24.0. The predicted molar refractivity (Wildman–Crippen MR) is 121 cm³/mol. The highest BCUT2D eigenvalue weighted by atomic mass is 16.5. The van der Waals surface area contributed by atoms with E-state index in [1.807, 2.05) is 19.9 Å². The summed E-state index contributed by atoms with van der Waals surface area (Å²) in [6.07, 6.45) is 8.77. The van der Waals surface area contributed by atoms with Gasteiger partial charge in [-0.15, -0.1) is 0 Å². The molecule has 9 unspecified atom stereocenters. The van der Waals surface area contributed by atoms with Crippen molar-refractivity contribution >= 4 is 11.8 Å². The second kappa shape index (κ2) is 6.92. The molecule has 5 rings (SSSR count). The normalized spacial score (nSPS) is 48.5. The van der Waals surface area contributed by atoms with Gasteiger partial charge < -0.3 is 19.4 Å². The Morgan fingerprint density at radius 2 is 1.91 bits per heavy atom. The number of fused-ring (bicyclic) bond motifs is 5. The summed E-state index contributed by atoms with van der Waals surface area (Å²) < 4.78 is 10.5. The number of allylic oxidation sites excluding steroid dienone is 2. The minimum Gasteiger partial charge on any atom is -0.472 e. The average Bonchev–Trinajstić information content (AvgIpc) is 3.42. The average molecular weight is 455 g/mol. The van der Waals surface area contributed by atoms with E-state index in [9.17, 15) is 19.8 Å². The Balaban J connectivity index is 1.65. The van der Waals surface area contributed by atoms with Crippen LogP contribution in [0.15, 0.2) is 46.8 Å². The third kappa shape index (κ3) is 2.51. The summed E-state index contributed by atoms with van der Waals surface area (Å²) in [7, 11) is 1.32. The minimum absolute atomic E-state index is 0.0929. The van der Waals surface area contributed by atoms with E-state index >= 15 is 0 Å². The Morgan fingerprint density at radius 1 is 1.18 bits per heavy atom. The fourth-order valence-electron chi connectivity index (χ4n) is 8.62. The summed E-state index contributed by atoms with van der Waals surface area (Å²) in [5, 5.41) is 23.3. The number of rotatable bonds is 2. The topological polar surface area (TPSA) is 97.0 Å². The van der Waals surface area contributed by atoms with Crippen molar-refractivity contribution in [2.24, 2.45) is 33.5 Å². The SMILES string of the molecule is COC(=O)C1(C)C=CC(=O)C2(C)C1C(O)C(O)C1(C)C3=CCC(c4ccoc4)C3(C)CCC12. The summed E-state index contributed by atoms with van der Waals surface area (Å²) in [4.78, 5) is 26.5. The number of ether oxygens (including phenoxy) is 1. The molecule has 4 aliphatic carbocycles. The maximum Gasteiger partial charge on any atom is 0.315 e. The molecule has 1 heterocycles. The number of esters is 1. The molecule has 0 saturated heterocycles. The molecule has 178 valence electrons. The number of methoxy groups -OCH3 is 1. The van der Waals surface area contributed by atoms with Crippen molar-refractivity contribution in [2.45, 2.75) is 65.1 Å². The van der Waals surface area contributed by atoms with Gasteiger partial charge in [0, 0.05) is 16.7 Å². The van der Waals surface area contributed by atoms with E-state index in [0.717, 1.165) is 24.0 Å². The number of hydrogen-bond donors (Lipinski definition) is 2. The molecule has 1 aromatic heterocycles. The van der Waals surface area contributed by atoms with E-state index in [2.05, 4.69) is 13.0 Å².